The average molecular weight is 443 g/mol. The maximum Gasteiger partial charge on any atom is 0.258 e. The predicted octanol–water partition coefficient (Wildman–Crippen LogP) is 4.78. The molecule has 0 bridgehead atoms. The van der Waals surface area contributed by atoms with E-state index in [1.54, 1.807) is 31.4 Å². The molecule has 1 heterocycles. The first-order valence-electron chi connectivity index (χ1n) is 10.6. The molecular formula is C27H25NO5. The molecule has 0 atom stereocenters. The molecule has 0 aliphatic heterocycles. The number of aryl methyl sites for hydroxylation is 2. The van der Waals surface area contributed by atoms with Crippen molar-refractivity contribution in [1.29, 1.82) is 0 Å². The number of hydrogen-bond acceptors (Lipinski definition) is 5. The van der Waals surface area contributed by atoms with Crippen molar-refractivity contribution in [2.24, 2.45) is 0 Å². The van der Waals surface area contributed by atoms with Crippen molar-refractivity contribution in [3.8, 4) is 22.8 Å². The Hall–Kier alpha value is -4.06. The third-order valence-electron chi connectivity index (χ3n) is 5.33. The fraction of sp³-hybridized carbons (Fsp3) is 0.185. The van der Waals surface area contributed by atoms with Crippen LogP contribution in [0.1, 0.15) is 16.7 Å². The van der Waals surface area contributed by atoms with E-state index in [1.165, 1.54) is 0 Å². The van der Waals surface area contributed by atoms with E-state index in [0.29, 0.717) is 28.8 Å². The Bertz CT molecular complexity index is 1340. The molecule has 1 aromatic heterocycles. The summed E-state index contributed by atoms with van der Waals surface area (Å²) in [6.45, 7) is 3.87. The van der Waals surface area contributed by atoms with Crippen molar-refractivity contribution in [2.45, 2.75) is 20.4 Å². The van der Waals surface area contributed by atoms with E-state index in [4.69, 9.17) is 13.9 Å². The predicted molar refractivity (Wildman–Crippen MR) is 128 cm³/mol. The molecule has 6 heteroatoms. The number of methoxy groups -OCH3 is 1. The van der Waals surface area contributed by atoms with Crippen LogP contribution in [-0.4, -0.2) is 19.6 Å². The van der Waals surface area contributed by atoms with E-state index in [-0.39, 0.29) is 29.5 Å². The number of carbonyl (C=O) groups excluding carboxylic acids is 1. The first-order chi connectivity index (χ1) is 16.0. The molecule has 3 aromatic carbocycles. The standard InChI is InChI=1S/C27H25NO5/c1-17-13-18(2)24-22(14-17)33-26(20-9-11-21(31-3)12-10-20)27(25(24)30)32-16-23(29)28-15-19-7-5-4-6-8-19/h4-14H,15-16H2,1-3H3,(H,28,29). The highest BCUT2D eigenvalue weighted by Gasteiger charge is 2.20. The third kappa shape index (κ3) is 4.90. The summed E-state index contributed by atoms with van der Waals surface area (Å²) in [6.07, 6.45) is 0. The molecule has 0 saturated carbocycles. The van der Waals surface area contributed by atoms with Crippen LogP contribution in [0.4, 0.5) is 0 Å². The van der Waals surface area contributed by atoms with Crippen LogP contribution in [0, 0.1) is 13.8 Å². The zero-order chi connectivity index (χ0) is 23.4. The lowest BCUT2D eigenvalue weighted by molar-refractivity contribution is -0.123. The van der Waals surface area contributed by atoms with Crippen LogP contribution in [0.15, 0.2) is 75.9 Å². The normalized spacial score (nSPS) is 10.8. The molecule has 0 unspecified atom stereocenters. The summed E-state index contributed by atoms with van der Waals surface area (Å²) >= 11 is 0. The Morgan fingerprint density at radius 2 is 1.73 bits per heavy atom. The number of nitrogens with one attached hydrogen (secondary N) is 1. The summed E-state index contributed by atoms with van der Waals surface area (Å²) in [4.78, 5) is 25.9. The maximum atomic E-state index is 13.4. The van der Waals surface area contributed by atoms with Gasteiger partial charge in [-0.15, -0.1) is 0 Å². The van der Waals surface area contributed by atoms with Gasteiger partial charge in [0, 0.05) is 12.1 Å². The van der Waals surface area contributed by atoms with Crippen molar-refractivity contribution in [1.82, 2.24) is 5.32 Å². The lowest BCUT2D eigenvalue weighted by Crippen LogP contribution is -2.29. The molecule has 33 heavy (non-hydrogen) atoms. The minimum absolute atomic E-state index is 0.00878. The van der Waals surface area contributed by atoms with Gasteiger partial charge in [0.25, 0.3) is 5.91 Å². The van der Waals surface area contributed by atoms with E-state index in [9.17, 15) is 9.59 Å². The molecule has 0 radical (unpaired) electrons. The van der Waals surface area contributed by atoms with Crippen LogP contribution >= 0.6 is 0 Å². The molecular weight excluding hydrogens is 418 g/mol. The minimum atomic E-state index is -0.334. The van der Waals surface area contributed by atoms with Gasteiger partial charge in [-0.05, 0) is 60.9 Å². The molecule has 0 aliphatic rings. The largest absolute Gasteiger partial charge is 0.497 e. The second-order valence-corrected chi connectivity index (χ2v) is 7.82. The zero-order valence-corrected chi connectivity index (χ0v) is 18.8. The van der Waals surface area contributed by atoms with Crippen molar-refractivity contribution in [2.75, 3.05) is 13.7 Å². The Labute approximate surface area is 191 Å². The highest BCUT2D eigenvalue weighted by atomic mass is 16.5. The van der Waals surface area contributed by atoms with Gasteiger partial charge in [0.15, 0.2) is 12.4 Å². The topological polar surface area (TPSA) is 77.8 Å². The Morgan fingerprint density at radius 1 is 1.00 bits per heavy atom. The van der Waals surface area contributed by atoms with E-state index < -0.39 is 0 Å². The van der Waals surface area contributed by atoms with E-state index in [1.807, 2.05) is 56.3 Å². The van der Waals surface area contributed by atoms with Gasteiger partial charge in [-0.2, -0.15) is 0 Å². The van der Waals surface area contributed by atoms with Gasteiger partial charge in [-0.3, -0.25) is 9.59 Å². The van der Waals surface area contributed by atoms with Crippen LogP contribution in [0.2, 0.25) is 0 Å². The minimum Gasteiger partial charge on any atom is -0.497 e. The molecule has 1 amide bonds. The Kier molecular flexibility index (Phi) is 6.45. The fourth-order valence-corrected chi connectivity index (χ4v) is 3.72. The molecule has 0 spiro atoms. The first kappa shape index (κ1) is 22.1. The Balaban J connectivity index is 1.67. The number of carbonyl (C=O) groups is 1. The quantitative estimate of drug-likeness (QED) is 0.445. The summed E-state index contributed by atoms with van der Waals surface area (Å²) in [7, 11) is 1.58. The van der Waals surface area contributed by atoms with Gasteiger partial charge in [0.2, 0.25) is 11.2 Å². The van der Waals surface area contributed by atoms with Crippen LogP contribution in [0.5, 0.6) is 11.5 Å². The third-order valence-corrected chi connectivity index (χ3v) is 5.33. The average Bonchev–Trinajstić information content (AvgIpc) is 2.82. The molecule has 4 rings (SSSR count). The number of hydrogen-bond donors (Lipinski definition) is 1. The van der Waals surface area contributed by atoms with E-state index in [0.717, 1.165) is 16.7 Å². The molecule has 0 aliphatic carbocycles. The van der Waals surface area contributed by atoms with Crippen molar-refractivity contribution >= 4 is 16.9 Å². The lowest BCUT2D eigenvalue weighted by atomic mass is 10.0. The number of amides is 1. The van der Waals surface area contributed by atoms with Gasteiger partial charge in [0.05, 0.1) is 12.5 Å². The summed E-state index contributed by atoms with van der Waals surface area (Å²) in [6, 6.07) is 20.4. The molecule has 0 fully saturated rings. The van der Waals surface area contributed by atoms with Gasteiger partial charge >= 0.3 is 0 Å². The van der Waals surface area contributed by atoms with Crippen LogP contribution in [0.3, 0.4) is 0 Å². The van der Waals surface area contributed by atoms with Crippen molar-refractivity contribution in [3.05, 3.63) is 93.6 Å². The van der Waals surface area contributed by atoms with E-state index >= 15 is 0 Å². The van der Waals surface area contributed by atoms with Crippen molar-refractivity contribution in [3.63, 3.8) is 0 Å². The van der Waals surface area contributed by atoms with Crippen LogP contribution < -0.4 is 20.2 Å². The first-order valence-corrected chi connectivity index (χ1v) is 10.6. The van der Waals surface area contributed by atoms with Crippen LogP contribution in [0.25, 0.3) is 22.3 Å². The highest BCUT2D eigenvalue weighted by Crippen LogP contribution is 2.33. The number of ether oxygens (including phenoxy) is 2. The second-order valence-electron chi connectivity index (χ2n) is 7.82. The Morgan fingerprint density at radius 3 is 2.42 bits per heavy atom. The summed E-state index contributed by atoms with van der Waals surface area (Å²) in [5.41, 5.74) is 3.56. The maximum absolute atomic E-state index is 13.4. The molecule has 1 N–H and O–H groups in total. The smallest absolute Gasteiger partial charge is 0.258 e. The molecule has 168 valence electrons. The van der Waals surface area contributed by atoms with Crippen molar-refractivity contribution < 1.29 is 18.7 Å². The van der Waals surface area contributed by atoms with Gasteiger partial charge in [0.1, 0.15) is 11.3 Å². The monoisotopic (exact) mass is 443 g/mol. The number of rotatable bonds is 7. The number of benzene rings is 3. The summed E-state index contributed by atoms with van der Waals surface area (Å²) in [5, 5.41) is 3.25. The van der Waals surface area contributed by atoms with Crippen LogP contribution in [-0.2, 0) is 11.3 Å². The summed E-state index contributed by atoms with van der Waals surface area (Å²) < 4.78 is 17.2. The number of fused-ring (bicyclic) bond motifs is 1. The molecule has 4 aromatic rings. The summed E-state index contributed by atoms with van der Waals surface area (Å²) in [5.74, 6) is 0.626. The SMILES string of the molecule is COc1ccc(-c2oc3cc(C)cc(C)c3c(=O)c2OCC(=O)NCc2ccccc2)cc1. The van der Waals surface area contributed by atoms with Gasteiger partial charge < -0.3 is 19.2 Å². The molecule has 0 saturated heterocycles. The van der Waals surface area contributed by atoms with Gasteiger partial charge in [-0.25, -0.2) is 0 Å². The highest BCUT2D eigenvalue weighted by molar-refractivity contribution is 5.86. The van der Waals surface area contributed by atoms with Gasteiger partial charge in [-0.1, -0.05) is 36.4 Å². The lowest BCUT2D eigenvalue weighted by Gasteiger charge is -2.13. The zero-order valence-electron chi connectivity index (χ0n) is 18.8. The molecule has 6 nitrogen and oxygen atoms in total. The van der Waals surface area contributed by atoms with E-state index in [2.05, 4.69) is 5.32 Å². The second kappa shape index (κ2) is 9.61. The fourth-order valence-electron chi connectivity index (χ4n) is 3.72.